The Kier molecular flexibility index (Phi) is 4.63. The number of hydrogen-bond donors (Lipinski definition) is 2. The molecular weight excluding hydrogens is 274 g/mol. The van der Waals surface area contributed by atoms with E-state index >= 15 is 0 Å². The molecule has 1 aromatic rings. The first kappa shape index (κ1) is 17.0. The molecule has 0 heterocycles. The highest BCUT2D eigenvalue weighted by Crippen LogP contribution is 2.29. The van der Waals surface area contributed by atoms with E-state index in [1.165, 1.54) is 18.2 Å². The van der Waals surface area contributed by atoms with Gasteiger partial charge in [-0.05, 0) is 51.0 Å². The highest BCUT2D eigenvalue weighted by Gasteiger charge is 2.49. The van der Waals surface area contributed by atoms with Gasteiger partial charge < -0.3 is 20.3 Å². The minimum absolute atomic E-state index is 0.00709. The third kappa shape index (κ3) is 3.52. The van der Waals surface area contributed by atoms with Crippen LogP contribution in [0, 0.1) is 6.92 Å². The fourth-order valence-electron chi connectivity index (χ4n) is 1.91. The Morgan fingerprint density at radius 1 is 1.19 bits per heavy atom. The summed E-state index contributed by atoms with van der Waals surface area (Å²) in [5, 5.41) is 9.45. The zero-order valence-electron chi connectivity index (χ0n) is 12.9. The lowest BCUT2D eigenvalue weighted by Gasteiger charge is -2.30. The summed E-state index contributed by atoms with van der Waals surface area (Å²) < 4.78 is 9.90. The van der Waals surface area contributed by atoms with Crippen LogP contribution < -0.4 is 5.73 Å². The summed E-state index contributed by atoms with van der Waals surface area (Å²) in [4.78, 5) is 24.5. The van der Waals surface area contributed by atoms with Gasteiger partial charge in [-0.25, -0.2) is 9.59 Å². The van der Waals surface area contributed by atoms with Crippen LogP contribution in [0.4, 0.5) is 0 Å². The van der Waals surface area contributed by atoms with E-state index in [2.05, 4.69) is 4.74 Å². The number of aryl methyl sites for hydroxylation is 1. The maximum atomic E-state index is 12.4. The van der Waals surface area contributed by atoms with Crippen LogP contribution in [0.3, 0.4) is 0 Å². The molecule has 1 aromatic carbocycles. The molecule has 6 nitrogen and oxygen atoms in total. The molecule has 116 valence electrons. The second-order valence-electron chi connectivity index (χ2n) is 5.80. The van der Waals surface area contributed by atoms with E-state index in [4.69, 9.17) is 10.5 Å². The number of aromatic hydroxyl groups is 1. The van der Waals surface area contributed by atoms with Gasteiger partial charge in [-0.2, -0.15) is 0 Å². The Labute approximate surface area is 123 Å². The van der Waals surface area contributed by atoms with Gasteiger partial charge in [0.15, 0.2) is 0 Å². The van der Waals surface area contributed by atoms with E-state index in [1.54, 1.807) is 27.7 Å². The molecule has 0 amide bonds. The number of carbonyl (C=O) groups is 2. The molecule has 0 aliphatic rings. The summed E-state index contributed by atoms with van der Waals surface area (Å²) in [6.07, 6.45) is 0. The van der Waals surface area contributed by atoms with Crippen molar-refractivity contribution in [1.82, 2.24) is 0 Å². The molecule has 0 aromatic heterocycles. The monoisotopic (exact) mass is 295 g/mol. The van der Waals surface area contributed by atoms with Crippen molar-refractivity contribution in [3.8, 4) is 5.75 Å². The van der Waals surface area contributed by atoms with Gasteiger partial charge >= 0.3 is 11.9 Å². The van der Waals surface area contributed by atoms with Crippen LogP contribution in [0.5, 0.6) is 5.75 Å². The summed E-state index contributed by atoms with van der Waals surface area (Å²) >= 11 is 0. The number of carbonyl (C=O) groups excluding carboxylic acids is 2. The lowest BCUT2D eigenvalue weighted by molar-refractivity contribution is -0.171. The van der Waals surface area contributed by atoms with Gasteiger partial charge in [-0.15, -0.1) is 0 Å². The minimum Gasteiger partial charge on any atom is -0.508 e. The Hall–Kier alpha value is -2.08. The van der Waals surface area contributed by atoms with Crippen LogP contribution in [0.15, 0.2) is 18.2 Å². The van der Waals surface area contributed by atoms with Gasteiger partial charge in [-0.1, -0.05) is 6.07 Å². The number of hydrogen-bond acceptors (Lipinski definition) is 6. The second-order valence-corrected chi connectivity index (χ2v) is 5.80. The van der Waals surface area contributed by atoms with Crippen molar-refractivity contribution in [3.05, 3.63) is 29.3 Å². The number of methoxy groups -OCH3 is 1. The largest absolute Gasteiger partial charge is 0.508 e. The Morgan fingerprint density at radius 3 is 2.19 bits per heavy atom. The molecule has 0 aliphatic carbocycles. The highest BCUT2D eigenvalue weighted by atomic mass is 16.6. The molecule has 1 unspecified atom stereocenters. The molecule has 0 radical (unpaired) electrons. The average molecular weight is 295 g/mol. The lowest BCUT2D eigenvalue weighted by Crippen LogP contribution is -2.55. The van der Waals surface area contributed by atoms with E-state index in [-0.39, 0.29) is 11.3 Å². The molecular formula is C15H21NO5. The first-order valence-electron chi connectivity index (χ1n) is 6.43. The van der Waals surface area contributed by atoms with Gasteiger partial charge in [0, 0.05) is 0 Å². The van der Waals surface area contributed by atoms with Crippen molar-refractivity contribution in [1.29, 1.82) is 0 Å². The van der Waals surface area contributed by atoms with Gasteiger partial charge in [0.25, 0.3) is 0 Å². The summed E-state index contributed by atoms with van der Waals surface area (Å²) in [7, 11) is 1.14. The number of esters is 2. The van der Waals surface area contributed by atoms with E-state index in [1.807, 2.05) is 0 Å². The SMILES string of the molecule is COC(=O)C(N)(C(=O)OC(C)(C)C)c1ccc(O)cc1C. The Bertz CT molecular complexity index is 562. The van der Waals surface area contributed by atoms with Crippen LogP contribution >= 0.6 is 0 Å². The van der Waals surface area contributed by atoms with Crippen molar-refractivity contribution in [2.24, 2.45) is 5.73 Å². The van der Waals surface area contributed by atoms with Crippen LogP contribution in [-0.4, -0.2) is 29.8 Å². The number of nitrogens with two attached hydrogens (primary N) is 1. The summed E-state index contributed by atoms with van der Waals surface area (Å²) in [5.41, 5.74) is 3.86. The van der Waals surface area contributed by atoms with Crippen LogP contribution in [0.1, 0.15) is 31.9 Å². The zero-order valence-corrected chi connectivity index (χ0v) is 12.9. The number of benzene rings is 1. The topological polar surface area (TPSA) is 98.9 Å². The lowest BCUT2D eigenvalue weighted by atomic mass is 9.87. The highest BCUT2D eigenvalue weighted by molar-refractivity contribution is 6.06. The molecule has 0 saturated carbocycles. The number of ether oxygens (including phenoxy) is 2. The smallest absolute Gasteiger partial charge is 0.343 e. The van der Waals surface area contributed by atoms with Crippen molar-refractivity contribution in [3.63, 3.8) is 0 Å². The molecule has 21 heavy (non-hydrogen) atoms. The van der Waals surface area contributed by atoms with Crippen molar-refractivity contribution in [2.45, 2.75) is 38.8 Å². The molecule has 3 N–H and O–H groups in total. The predicted octanol–water partition coefficient (Wildman–Crippen LogP) is 1.37. The Balaban J connectivity index is 3.40. The Morgan fingerprint density at radius 2 is 1.76 bits per heavy atom. The molecule has 1 rings (SSSR count). The number of rotatable bonds is 3. The van der Waals surface area contributed by atoms with Gasteiger partial charge in [-0.3, -0.25) is 0 Å². The van der Waals surface area contributed by atoms with Crippen LogP contribution in [-0.2, 0) is 24.6 Å². The first-order valence-corrected chi connectivity index (χ1v) is 6.43. The molecule has 1 atom stereocenters. The maximum absolute atomic E-state index is 12.4. The average Bonchev–Trinajstić information content (AvgIpc) is 2.34. The third-order valence-corrected chi connectivity index (χ3v) is 2.86. The van der Waals surface area contributed by atoms with Gasteiger partial charge in [0.05, 0.1) is 7.11 Å². The second kappa shape index (κ2) is 5.73. The third-order valence-electron chi connectivity index (χ3n) is 2.86. The zero-order chi connectivity index (χ0) is 16.4. The number of phenols is 1. The summed E-state index contributed by atoms with van der Waals surface area (Å²) in [6.45, 7) is 6.65. The van der Waals surface area contributed by atoms with Crippen LogP contribution in [0.2, 0.25) is 0 Å². The number of phenolic OH excluding ortho intramolecular Hbond substituents is 1. The summed E-state index contributed by atoms with van der Waals surface area (Å²) in [5.74, 6) is -1.83. The molecule has 0 aliphatic heterocycles. The quantitative estimate of drug-likeness (QED) is 0.645. The normalized spacial score (nSPS) is 14.2. The standard InChI is InChI=1S/C15H21NO5/c1-9-8-10(17)6-7-11(9)15(16,12(18)20-5)13(19)21-14(2,3)4/h6-8,17H,16H2,1-5H3. The van der Waals surface area contributed by atoms with E-state index in [9.17, 15) is 14.7 Å². The molecule has 0 saturated heterocycles. The van der Waals surface area contributed by atoms with Gasteiger partial charge in [0.2, 0.25) is 5.54 Å². The maximum Gasteiger partial charge on any atom is 0.343 e. The fourth-order valence-corrected chi connectivity index (χ4v) is 1.91. The first-order chi connectivity index (χ1) is 9.52. The van der Waals surface area contributed by atoms with Gasteiger partial charge in [0.1, 0.15) is 11.4 Å². The molecule has 0 fully saturated rings. The molecule has 0 bridgehead atoms. The molecule has 6 heteroatoms. The van der Waals surface area contributed by atoms with Crippen molar-refractivity contribution < 1.29 is 24.2 Å². The van der Waals surface area contributed by atoms with Crippen molar-refractivity contribution in [2.75, 3.05) is 7.11 Å². The van der Waals surface area contributed by atoms with E-state index < -0.39 is 23.1 Å². The van der Waals surface area contributed by atoms with E-state index in [0.29, 0.717) is 5.56 Å². The van der Waals surface area contributed by atoms with Crippen LogP contribution in [0.25, 0.3) is 0 Å². The van der Waals surface area contributed by atoms with Crippen molar-refractivity contribution >= 4 is 11.9 Å². The fraction of sp³-hybridized carbons (Fsp3) is 0.467. The van der Waals surface area contributed by atoms with E-state index in [0.717, 1.165) is 7.11 Å². The molecule has 0 spiro atoms. The predicted molar refractivity (Wildman–Crippen MR) is 76.6 cm³/mol. The summed E-state index contributed by atoms with van der Waals surface area (Å²) in [6, 6.07) is 4.16. The minimum atomic E-state index is -2.08.